The Labute approximate surface area is 71.7 Å². The molecule has 0 unspecified atom stereocenters. The van der Waals surface area contributed by atoms with Gasteiger partial charge in [-0.05, 0) is 12.8 Å². The van der Waals surface area contributed by atoms with Gasteiger partial charge in [0.1, 0.15) is 0 Å². The summed E-state index contributed by atoms with van der Waals surface area (Å²) in [5.74, 6) is -1.20. The first-order valence-corrected chi connectivity index (χ1v) is 3.26. The van der Waals surface area contributed by atoms with E-state index in [1.165, 1.54) is 0 Å². The molecule has 1 saturated carbocycles. The number of carboxylic acids is 1. The van der Waals surface area contributed by atoms with Crippen LogP contribution in [0.15, 0.2) is 12.2 Å². The van der Waals surface area contributed by atoms with Crippen molar-refractivity contribution in [2.24, 2.45) is 11.7 Å². The monoisotopic (exact) mass is 177 g/mol. The van der Waals surface area contributed by atoms with Gasteiger partial charge in [0.15, 0.2) is 0 Å². The molecule has 1 aliphatic rings. The van der Waals surface area contributed by atoms with E-state index >= 15 is 0 Å². The summed E-state index contributed by atoms with van der Waals surface area (Å²) in [5.41, 5.74) is 6.49. The quantitative estimate of drug-likeness (QED) is 0.582. The number of hydrogen-bond acceptors (Lipinski definition) is 2. The third-order valence-electron chi connectivity index (χ3n) is 1.87. The lowest BCUT2D eigenvalue weighted by Gasteiger charge is -2.07. The molecule has 0 radical (unpaired) electrons. The first-order valence-electron chi connectivity index (χ1n) is 3.26. The molecule has 0 spiro atoms. The second-order valence-electron chi connectivity index (χ2n) is 2.77. The predicted octanol–water partition coefficient (Wildman–Crippen LogP) is 0.786. The van der Waals surface area contributed by atoms with Gasteiger partial charge in [-0.2, -0.15) is 0 Å². The van der Waals surface area contributed by atoms with Crippen molar-refractivity contribution in [1.82, 2.24) is 0 Å². The summed E-state index contributed by atoms with van der Waals surface area (Å²) >= 11 is 0. The van der Waals surface area contributed by atoms with E-state index in [-0.39, 0.29) is 18.4 Å². The maximum Gasteiger partial charge on any atom is 0.308 e. The van der Waals surface area contributed by atoms with Crippen LogP contribution in [-0.4, -0.2) is 17.1 Å². The van der Waals surface area contributed by atoms with E-state index in [4.69, 9.17) is 10.8 Å². The highest BCUT2D eigenvalue weighted by Gasteiger charge is 2.31. The normalized spacial score (nSPS) is 29.7. The Hall–Kier alpha value is -0.540. The Morgan fingerprint density at radius 1 is 1.64 bits per heavy atom. The van der Waals surface area contributed by atoms with Gasteiger partial charge in [-0.3, -0.25) is 4.79 Å². The van der Waals surface area contributed by atoms with Gasteiger partial charge in [-0.25, -0.2) is 0 Å². The first kappa shape index (κ1) is 10.5. The molecule has 0 aromatic carbocycles. The Bertz CT molecular complexity index is 181. The molecule has 4 heteroatoms. The number of aliphatic carboxylic acids is 1. The van der Waals surface area contributed by atoms with Gasteiger partial charge in [0, 0.05) is 6.04 Å². The van der Waals surface area contributed by atoms with Crippen LogP contribution in [0.4, 0.5) is 0 Å². The molecule has 0 aromatic rings. The number of carbonyl (C=O) groups is 1. The number of hydrogen-bond donors (Lipinski definition) is 2. The number of rotatable bonds is 1. The average molecular weight is 178 g/mol. The second-order valence-corrected chi connectivity index (χ2v) is 2.77. The summed E-state index contributed by atoms with van der Waals surface area (Å²) in [6.07, 6.45) is 1.22. The number of carboxylic acid groups (broad SMARTS) is 1. The largest absolute Gasteiger partial charge is 0.481 e. The molecule has 3 nitrogen and oxygen atoms in total. The van der Waals surface area contributed by atoms with Gasteiger partial charge in [0.25, 0.3) is 0 Å². The van der Waals surface area contributed by atoms with E-state index in [9.17, 15) is 4.79 Å². The van der Waals surface area contributed by atoms with Crippen molar-refractivity contribution in [3.05, 3.63) is 12.2 Å². The summed E-state index contributed by atoms with van der Waals surface area (Å²) in [4.78, 5) is 10.4. The van der Waals surface area contributed by atoms with Crippen LogP contribution in [-0.2, 0) is 4.79 Å². The smallest absolute Gasteiger partial charge is 0.308 e. The first-order chi connectivity index (χ1) is 4.61. The molecule has 0 heterocycles. The fraction of sp³-hybridized carbons (Fsp3) is 0.571. The highest BCUT2D eigenvalue weighted by Crippen LogP contribution is 2.27. The fourth-order valence-corrected chi connectivity index (χ4v) is 1.29. The summed E-state index contributed by atoms with van der Waals surface area (Å²) in [6, 6.07) is -0.218. The van der Waals surface area contributed by atoms with Gasteiger partial charge in [0.05, 0.1) is 5.92 Å². The van der Waals surface area contributed by atoms with Crippen LogP contribution in [0.2, 0.25) is 0 Å². The van der Waals surface area contributed by atoms with Crippen molar-refractivity contribution < 1.29 is 9.90 Å². The lowest BCUT2D eigenvalue weighted by molar-refractivity contribution is -0.141. The molecule has 0 amide bonds. The molecule has 64 valence electrons. The maximum atomic E-state index is 10.4. The maximum absolute atomic E-state index is 10.4. The van der Waals surface area contributed by atoms with E-state index in [0.29, 0.717) is 12.8 Å². The molecular weight excluding hydrogens is 166 g/mol. The summed E-state index contributed by atoms with van der Waals surface area (Å²) in [7, 11) is 0. The van der Waals surface area contributed by atoms with E-state index in [0.717, 1.165) is 5.57 Å². The Balaban J connectivity index is 0.000001000. The Morgan fingerprint density at radius 3 is 2.36 bits per heavy atom. The third kappa shape index (κ3) is 2.20. The SMILES string of the molecule is C=C1C[C@H](N)[C@H](C(=O)O)C1.Cl. The number of halogens is 1. The molecule has 11 heavy (non-hydrogen) atoms. The zero-order valence-electron chi connectivity index (χ0n) is 6.12. The van der Waals surface area contributed by atoms with E-state index in [2.05, 4.69) is 6.58 Å². The zero-order valence-corrected chi connectivity index (χ0v) is 6.93. The zero-order chi connectivity index (χ0) is 7.72. The van der Waals surface area contributed by atoms with Gasteiger partial charge in [-0.15, -0.1) is 12.4 Å². The van der Waals surface area contributed by atoms with Crippen LogP contribution in [0.3, 0.4) is 0 Å². The van der Waals surface area contributed by atoms with Crippen LogP contribution < -0.4 is 5.73 Å². The Kier molecular flexibility index (Phi) is 3.55. The standard InChI is InChI=1S/C7H11NO2.ClH/c1-4-2-5(7(9)10)6(8)3-4;/h5-6H,1-3,8H2,(H,9,10);1H/t5-,6+;/m1./s1. The summed E-state index contributed by atoms with van der Waals surface area (Å²) in [6.45, 7) is 3.69. The van der Waals surface area contributed by atoms with E-state index in [1.54, 1.807) is 0 Å². The van der Waals surface area contributed by atoms with Crippen LogP contribution in [0.1, 0.15) is 12.8 Å². The van der Waals surface area contributed by atoms with Crippen LogP contribution >= 0.6 is 12.4 Å². The molecule has 0 aromatic heterocycles. The average Bonchev–Trinajstić information content (AvgIpc) is 2.10. The van der Waals surface area contributed by atoms with Gasteiger partial charge in [-0.1, -0.05) is 12.2 Å². The van der Waals surface area contributed by atoms with Crippen LogP contribution in [0.25, 0.3) is 0 Å². The third-order valence-corrected chi connectivity index (χ3v) is 1.87. The second kappa shape index (κ2) is 3.74. The van der Waals surface area contributed by atoms with Crippen molar-refractivity contribution in [1.29, 1.82) is 0 Å². The van der Waals surface area contributed by atoms with Gasteiger partial charge < -0.3 is 10.8 Å². The van der Waals surface area contributed by atoms with Crippen molar-refractivity contribution >= 4 is 18.4 Å². The summed E-state index contributed by atoms with van der Waals surface area (Å²) in [5, 5.41) is 8.58. The van der Waals surface area contributed by atoms with Crippen molar-refractivity contribution in [2.45, 2.75) is 18.9 Å². The molecule has 3 N–H and O–H groups in total. The lowest BCUT2D eigenvalue weighted by atomic mass is 10.1. The fourth-order valence-electron chi connectivity index (χ4n) is 1.29. The van der Waals surface area contributed by atoms with Crippen molar-refractivity contribution in [3.8, 4) is 0 Å². The highest BCUT2D eigenvalue weighted by atomic mass is 35.5. The topological polar surface area (TPSA) is 63.3 Å². The van der Waals surface area contributed by atoms with E-state index in [1.807, 2.05) is 0 Å². The minimum Gasteiger partial charge on any atom is -0.481 e. The van der Waals surface area contributed by atoms with Crippen LogP contribution in [0, 0.1) is 5.92 Å². The molecule has 0 aliphatic heterocycles. The van der Waals surface area contributed by atoms with Gasteiger partial charge in [0.2, 0.25) is 0 Å². The molecular formula is C7H12ClNO2. The highest BCUT2D eigenvalue weighted by molar-refractivity contribution is 5.85. The van der Waals surface area contributed by atoms with Crippen LogP contribution in [0.5, 0.6) is 0 Å². The number of nitrogens with two attached hydrogens (primary N) is 1. The molecule has 1 rings (SSSR count). The molecule has 1 aliphatic carbocycles. The molecule has 0 saturated heterocycles. The molecule has 2 atom stereocenters. The lowest BCUT2D eigenvalue weighted by Crippen LogP contribution is -2.30. The Morgan fingerprint density at radius 2 is 2.18 bits per heavy atom. The van der Waals surface area contributed by atoms with Crippen molar-refractivity contribution in [2.75, 3.05) is 0 Å². The minimum absolute atomic E-state index is 0. The molecule has 1 fully saturated rings. The van der Waals surface area contributed by atoms with Crippen molar-refractivity contribution in [3.63, 3.8) is 0 Å². The predicted molar refractivity (Wildman–Crippen MR) is 44.7 cm³/mol. The molecule has 0 bridgehead atoms. The van der Waals surface area contributed by atoms with Gasteiger partial charge >= 0.3 is 5.97 Å². The minimum atomic E-state index is -0.800. The summed E-state index contributed by atoms with van der Waals surface area (Å²) < 4.78 is 0. The van der Waals surface area contributed by atoms with E-state index < -0.39 is 11.9 Å².